The van der Waals surface area contributed by atoms with Crippen molar-refractivity contribution in [2.75, 3.05) is 12.4 Å². The summed E-state index contributed by atoms with van der Waals surface area (Å²) in [6, 6.07) is 3.79. The first-order valence-electron chi connectivity index (χ1n) is 7.91. The van der Waals surface area contributed by atoms with Crippen LogP contribution in [0.25, 0.3) is 10.8 Å². The highest BCUT2D eigenvalue weighted by molar-refractivity contribution is 7.99. The summed E-state index contributed by atoms with van der Waals surface area (Å²) in [7, 11) is 0. The number of ether oxygens (including phenoxy) is 1. The molecule has 136 valence electrons. The van der Waals surface area contributed by atoms with Crippen LogP contribution in [0, 0.1) is 13.8 Å². The summed E-state index contributed by atoms with van der Waals surface area (Å²) in [5, 5.41) is 10.2. The van der Waals surface area contributed by atoms with Crippen molar-refractivity contribution in [3.05, 3.63) is 40.0 Å². The first-order chi connectivity index (χ1) is 12.5. The normalized spacial score (nSPS) is 10.9. The largest absolute Gasteiger partial charge is 0.462 e. The van der Waals surface area contributed by atoms with Crippen molar-refractivity contribution in [1.82, 2.24) is 15.2 Å². The van der Waals surface area contributed by atoms with Crippen molar-refractivity contribution >= 4 is 34.9 Å². The van der Waals surface area contributed by atoms with Gasteiger partial charge in [0.2, 0.25) is 0 Å². The Hall–Kier alpha value is -2.39. The number of Topliss-reactive ketones (excluding diaryl/α,β-unsaturated/α-hetero) is 1. The van der Waals surface area contributed by atoms with E-state index in [9.17, 15) is 9.59 Å². The Bertz CT molecular complexity index is 928. The molecule has 0 fully saturated rings. The number of thioether (sulfide) groups is 1. The summed E-state index contributed by atoms with van der Waals surface area (Å²) in [5.41, 5.74) is 2.03. The molecular weight excluding hydrogens is 374 g/mol. The fourth-order valence-corrected chi connectivity index (χ4v) is 3.79. The van der Waals surface area contributed by atoms with Crippen LogP contribution in [0.3, 0.4) is 0 Å². The minimum atomic E-state index is -0.428. The number of aromatic amines is 1. The van der Waals surface area contributed by atoms with E-state index >= 15 is 0 Å². The highest BCUT2D eigenvalue weighted by atomic mass is 32.2. The maximum absolute atomic E-state index is 12.5. The lowest BCUT2D eigenvalue weighted by Gasteiger charge is -2.02. The molecule has 3 aromatic heterocycles. The molecule has 0 spiro atoms. The number of esters is 1. The zero-order valence-electron chi connectivity index (χ0n) is 14.5. The summed E-state index contributed by atoms with van der Waals surface area (Å²) in [4.78, 5) is 28.4. The second kappa shape index (κ2) is 7.88. The van der Waals surface area contributed by atoms with Crippen molar-refractivity contribution < 1.29 is 18.7 Å². The number of hydrogen-bond donors (Lipinski definition) is 1. The summed E-state index contributed by atoms with van der Waals surface area (Å²) in [6.45, 7) is 5.50. The number of thiophene rings is 1. The summed E-state index contributed by atoms with van der Waals surface area (Å²) >= 11 is 2.66. The number of ketones is 1. The third kappa shape index (κ3) is 3.73. The SMILES string of the molecule is CCOC(=O)c1c(C)[nH]c(C(=O)CSc2nnc(-c3cccs3)o2)c1C. The fourth-order valence-electron chi connectivity index (χ4n) is 2.51. The van der Waals surface area contributed by atoms with Gasteiger partial charge in [-0.05, 0) is 37.8 Å². The molecule has 0 aliphatic carbocycles. The third-order valence-corrected chi connectivity index (χ3v) is 5.34. The molecule has 0 saturated heterocycles. The van der Waals surface area contributed by atoms with Gasteiger partial charge in [-0.1, -0.05) is 17.8 Å². The predicted molar refractivity (Wildman–Crippen MR) is 98.9 cm³/mol. The van der Waals surface area contributed by atoms with Crippen LogP contribution in [0.2, 0.25) is 0 Å². The van der Waals surface area contributed by atoms with E-state index in [1.54, 1.807) is 20.8 Å². The Morgan fingerprint density at radius 2 is 2.15 bits per heavy atom. The number of nitrogens with one attached hydrogen (secondary N) is 1. The Balaban J connectivity index is 1.69. The standard InChI is InChI=1S/C17H17N3O4S2/c1-4-23-16(22)13-9(2)14(18-10(13)3)11(21)8-26-17-20-19-15(24-17)12-6-5-7-25-12/h5-7,18H,4,8H2,1-3H3. The van der Waals surface area contributed by atoms with E-state index in [1.165, 1.54) is 11.3 Å². The molecule has 26 heavy (non-hydrogen) atoms. The molecule has 0 unspecified atom stereocenters. The van der Waals surface area contributed by atoms with Gasteiger partial charge in [0.05, 0.1) is 28.5 Å². The van der Waals surface area contributed by atoms with Gasteiger partial charge in [-0.15, -0.1) is 21.5 Å². The lowest BCUT2D eigenvalue weighted by Crippen LogP contribution is -2.08. The zero-order chi connectivity index (χ0) is 18.7. The smallest absolute Gasteiger partial charge is 0.340 e. The molecule has 0 aliphatic heterocycles. The Labute approximate surface area is 158 Å². The topological polar surface area (TPSA) is 98.1 Å². The number of H-pyrrole nitrogens is 1. The number of aryl methyl sites for hydroxylation is 1. The lowest BCUT2D eigenvalue weighted by molar-refractivity contribution is 0.0525. The van der Waals surface area contributed by atoms with Crippen LogP contribution in [0.15, 0.2) is 27.2 Å². The predicted octanol–water partition coefficient (Wildman–Crippen LogP) is 3.89. The van der Waals surface area contributed by atoms with Gasteiger partial charge in [-0.2, -0.15) is 0 Å². The molecule has 3 aromatic rings. The quantitative estimate of drug-likeness (QED) is 0.370. The van der Waals surface area contributed by atoms with Crippen molar-refractivity contribution in [2.24, 2.45) is 0 Å². The number of nitrogens with zero attached hydrogens (tertiary/aromatic N) is 2. The van der Waals surface area contributed by atoms with Gasteiger partial charge < -0.3 is 14.1 Å². The van der Waals surface area contributed by atoms with E-state index in [1.807, 2.05) is 17.5 Å². The summed E-state index contributed by atoms with van der Waals surface area (Å²) < 4.78 is 10.6. The van der Waals surface area contributed by atoms with E-state index < -0.39 is 5.97 Å². The third-order valence-electron chi connectivity index (χ3n) is 3.66. The zero-order valence-corrected chi connectivity index (χ0v) is 16.1. The van der Waals surface area contributed by atoms with Crippen LogP contribution in [0.5, 0.6) is 0 Å². The van der Waals surface area contributed by atoms with Crippen LogP contribution in [-0.2, 0) is 4.74 Å². The van der Waals surface area contributed by atoms with Gasteiger partial charge in [-0.25, -0.2) is 4.79 Å². The molecule has 3 heterocycles. The van der Waals surface area contributed by atoms with Crippen LogP contribution in [0.1, 0.15) is 39.0 Å². The Morgan fingerprint density at radius 1 is 1.35 bits per heavy atom. The maximum atomic E-state index is 12.5. The van der Waals surface area contributed by atoms with E-state index in [0.717, 1.165) is 16.6 Å². The molecule has 9 heteroatoms. The Kier molecular flexibility index (Phi) is 5.58. The van der Waals surface area contributed by atoms with Crippen molar-refractivity contribution in [1.29, 1.82) is 0 Å². The summed E-state index contributed by atoms with van der Waals surface area (Å²) in [5.74, 6) is -0.0220. The van der Waals surface area contributed by atoms with E-state index in [2.05, 4.69) is 15.2 Å². The molecule has 0 radical (unpaired) electrons. The monoisotopic (exact) mass is 391 g/mol. The van der Waals surface area contributed by atoms with Crippen LogP contribution < -0.4 is 0 Å². The highest BCUT2D eigenvalue weighted by Gasteiger charge is 2.23. The van der Waals surface area contributed by atoms with Gasteiger partial charge in [0, 0.05) is 5.69 Å². The van der Waals surface area contributed by atoms with Gasteiger partial charge >= 0.3 is 5.97 Å². The van der Waals surface area contributed by atoms with Crippen LogP contribution in [-0.4, -0.2) is 39.3 Å². The first kappa shape index (κ1) is 18.4. The molecular formula is C17H17N3O4S2. The molecule has 0 aliphatic rings. The van der Waals surface area contributed by atoms with Gasteiger partial charge in [0.1, 0.15) is 0 Å². The molecule has 0 aromatic carbocycles. The molecule has 3 rings (SSSR count). The van der Waals surface area contributed by atoms with Crippen molar-refractivity contribution in [2.45, 2.75) is 26.0 Å². The molecule has 0 amide bonds. The summed E-state index contributed by atoms with van der Waals surface area (Å²) in [6.07, 6.45) is 0. The molecule has 1 N–H and O–H groups in total. The van der Waals surface area contributed by atoms with Gasteiger partial charge in [0.25, 0.3) is 11.1 Å². The molecule has 0 atom stereocenters. The number of rotatable bonds is 7. The molecule has 0 saturated carbocycles. The van der Waals surface area contributed by atoms with E-state index in [-0.39, 0.29) is 18.1 Å². The number of hydrogen-bond acceptors (Lipinski definition) is 8. The minimum Gasteiger partial charge on any atom is -0.462 e. The van der Waals surface area contributed by atoms with Crippen molar-refractivity contribution in [3.63, 3.8) is 0 Å². The first-order valence-corrected chi connectivity index (χ1v) is 9.77. The number of carbonyl (C=O) groups is 2. The maximum Gasteiger partial charge on any atom is 0.340 e. The van der Waals surface area contributed by atoms with Crippen LogP contribution in [0.4, 0.5) is 0 Å². The number of carbonyl (C=O) groups excluding carboxylic acids is 2. The second-order valence-corrected chi connectivity index (χ2v) is 7.28. The average Bonchev–Trinajstić information content (AvgIpc) is 3.32. The second-order valence-electron chi connectivity index (χ2n) is 5.41. The van der Waals surface area contributed by atoms with E-state index in [4.69, 9.17) is 9.15 Å². The number of aromatic nitrogens is 3. The van der Waals surface area contributed by atoms with Crippen molar-refractivity contribution in [3.8, 4) is 10.8 Å². The van der Waals surface area contributed by atoms with Gasteiger partial charge in [0.15, 0.2) is 5.78 Å². The minimum absolute atomic E-state index is 0.120. The fraction of sp³-hybridized carbons (Fsp3) is 0.294. The Morgan fingerprint density at radius 3 is 2.85 bits per heavy atom. The molecule has 7 nitrogen and oxygen atoms in total. The van der Waals surface area contributed by atoms with Crippen LogP contribution >= 0.6 is 23.1 Å². The lowest BCUT2D eigenvalue weighted by atomic mass is 10.1. The highest BCUT2D eigenvalue weighted by Crippen LogP contribution is 2.27. The van der Waals surface area contributed by atoms with E-state index in [0.29, 0.717) is 33.6 Å². The van der Waals surface area contributed by atoms with Gasteiger partial charge in [-0.3, -0.25) is 4.79 Å². The molecule has 0 bridgehead atoms. The average molecular weight is 391 g/mol.